The summed E-state index contributed by atoms with van der Waals surface area (Å²) in [6.07, 6.45) is 4.12. The molecule has 1 aliphatic carbocycles. The van der Waals surface area contributed by atoms with Crippen LogP contribution in [0.4, 0.5) is 0 Å². The van der Waals surface area contributed by atoms with Crippen LogP contribution in [-0.2, 0) is 5.41 Å². The number of nitrogens with zero attached hydrogens (tertiary/aromatic N) is 2. The summed E-state index contributed by atoms with van der Waals surface area (Å²) in [7, 11) is 0. The molecule has 296 valence electrons. The Morgan fingerprint density at radius 1 is 0.597 bits per heavy atom. The SMILES string of the molecule is CC1(C)c2ccccc2-c2cc3c4ccccc4n(-c4cccc(C5=N/C(c6cccc7c6sc6ccccc67)=C\CCC(c6ccc7c(c6)oc6ccccc67)N5)c4)c3cc21. The lowest BCUT2D eigenvalue weighted by Crippen LogP contribution is -2.30. The molecule has 13 rings (SSSR count). The Bertz CT molecular complexity index is 3720. The van der Waals surface area contributed by atoms with E-state index in [1.165, 1.54) is 75.4 Å². The van der Waals surface area contributed by atoms with Gasteiger partial charge in [0.25, 0.3) is 0 Å². The number of allylic oxidation sites excluding steroid dienone is 1. The molecule has 1 unspecified atom stereocenters. The molecule has 5 heteroatoms. The number of furan rings is 1. The lowest BCUT2D eigenvalue weighted by Gasteiger charge is -2.24. The average molecular weight is 816 g/mol. The van der Waals surface area contributed by atoms with Crippen LogP contribution < -0.4 is 5.32 Å². The van der Waals surface area contributed by atoms with Crippen molar-refractivity contribution in [2.24, 2.45) is 4.99 Å². The molecule has 3 aromatic heterocycles. The van der Waals surface area contributed by atoms with Gasteiger partial charge in [-0.3, -0.25) is 0 Å². The molecule has 0 amide bonds. The number of hydrogen-bond acceptors (Lipinski definition) is 4. The summed E-state index contributed by atoms with van der Waals surface area (Å²) in [5.74, 6) is 0.851. The topological polar surface area (TPSA) is 42.5 Å². The van der Waals surface area contributed by atoms with Gasteiger partial charge >= 0.3 is 0 Å². The highest BCUT2D eigenvalue weighted by Gasteiger charge is 2.36. The highest BCUT2D eigenvalue weighted by molar-refractivity contribution is 7.26. The highest BCUT2D eigenvalue weighted by atomic mass is 32.1. The smallest absolute Gasteiger partial charge is 0.135 e. The molecule has 8 aromatic carbocycles. The second kappa shape index (κ2) is 13.4. The fraction of sp³-hybridized carbons (Fsp3) is 0.105. The minimum Gasteiger partial charge on any atom is -0.456 e. The molecule has 4 nitrogen and oxygen atoms in total. The number of thiophene rings is 1. The van der Waals surface area contributed by atoms with Gasteiger partial charge in [0.15, 0.2) is 0 Å². The van der Waals surface area contributed by atoms with Gasteiger partial charge < -0.3 is 14.3 Å². The maximum atomic E-state index is 6.41. The van der Waals surface area contributed by atoms with Gasteiger partial charge in [-0.25, -0.2) is 4.99 Å². The Balaban J connectivity index is 0.985. The number of fused-ring (bicyclic) bond motifs is 12. The summed E-state index contributed by atoms with van der Waals surface area (Å²) in [6, 6.07) is 62.0. The van der Waals surface area contributed by atoms with Gasteiger partial charge in [-0.2, -0.15) is 0 Å². The van der Waals surface area contributed by atoms with Gasteiger partial charge in [0.2, 0.25) is 0 Å². The monoisotopic (exact) mass is 815 g/mol. The Morgan fingerprint density at radius 3 is 2.29 bits per heavy atom. The van der Waals surface area contributed by atoms with Crippen LogP contribution in [0.3, 0.4) is 0 Å². The molecule has 0 saturated carbocycles. The Hall–Kier alpha value is -7.21. The van der Waals surface area contributed by atoms with E-state index >= 15 is 0 Å². The Kier molecular flexibility index (Phi) is 7.68. The normalized spacial score (nSPS) is 16.9. The lowest BCUT2D eigenvalue weighted by atomic mass is 9.82. The summed E-state index contributed by atoms with van der Waals surface area (Å²) < 4.78 is 11.4. The third-order valence-corrected chi connectivity index (χ3v) is 14.8. The van der Waals surface area contributed by atoms with Crippen LogP contribution in [0.25, 0.3) is 86.4 Å². The molecule has 62 heavy (non-hydrogen) atoms. The van der Waals surface area contributed by atoms with E-state index in [4.69, 9.17) is 9.41 Å². The third-order valence-electron chi connectivity index (χ3n) is 13.6. The van der Waals surface area contributed by atoms with E-state index in [1.54, 1.807) is 0 Å². The fourth-order valence-corrected chi connectivity index (χ4v) is 11.8. The molecule has 4 heterocycles. The standard InChI is InChI=1S/C57H41N3OS/c1-57(2)46-22-7-3-16-37(46)44-32-45-38-17-4-8-25-50(38)60(51(45)33-47(44)57)36-15-11-14-35(30-36)56-58-48(34-28-29-40-39-18-5-9-26-52(39)61-53(40)31-34)23-13-24-49(59-56)43-21-12-20-42-41-19-6-10-27-54(41)62-55(42)43/h3-12,14-22,24-33,48H,13,23H2,1-2H3,(H,58,59)/b49-24-. The van der Waals surface area contributed by atoms with Crippen molar-refractivity contribution in [1.82, 2.24) is 9.88 Å². The van der Waals surface area contributed by atoms with Gasteiger partial charge in [-0.05, 0) is 89.2 Å². The van der Waals surface area contributed by atoms with Gasteiger partial charge in [0, 0.05) is 63.9 Å². The van der Waals surface area contributed by atoms with Crippen molar-refractivity contribution in [3.8, 4) is 16.8 Å². The van der Waals surface area contributed by atoms with Gasteiger partial charge in [0.05, 0.1) is 22.8 Å². The van der Waals surface area contributed by atoms with Crippen LogP contribution in [0.2, 0.25) is 0 Å². The maximum Gasteiger partial charge on any atom is 0.135 e. The van der Waals surface area contributed by atoms with Gasteiger partial charge in [-0.15, -0.1) is 11.3 Å². The largest absolute Gasteiger partial charge is 0.456 e. The molecule has 0 spiro atoms. The van der Waals surface area contributed by atoms with E-state index in [0.717, 1.165) is 57.6 Å². The number of aromatic nitrogens is 1. The quantitative estimate of drug-likeness (QED) is 0.192. The zero-order valence-electron chi connectivity index (χ0n) is 34.4. The van der Waals surface area contributed by atoms with Crippen LogP contribution in [0, 0.1) is 0 Å². The van der Waals surface area contributed by atoms with Crippen LogP contribution in [0.15, 0.2) is 185 Å². The number of aliphatic imine (C=N–C) groups is 1. The highest BCUT2D eigenvalue weighted by Crippen LogP contribution is 2.51. The second-order valence-corrected chi connectivity index (χ2v) is 18.5. The Labute approximate surface area is 363 Å². The molecule has 11 aromatic rings. The molecule has 0 fully saturated rings. The second-order valence-electron chi connectivity index (χ2n) is 17.4. The van der Waals surface area contributed by atoms with Gasteiger partial charge in [-0.1, -0.05) is 141 Å². The van der Waals surface area contributed by atoms with Crippen molar-refractivity contribution >= 4 is 86.8 Å². The van der Waals surface area contributed by atoms with Crippen LogP contribution in [0.5, 0.6) is 0 Å². The maximum absolute atomic E-state index is 6.41. The van der Waals surface area contributed by atoms with E-state index in [0.29, 0.717) is 0 Å². The van der Waals surface area contributed by atoms with Crippen molar-refractivity contribution in [3.05, 3.63) is 204 Å². The predicted octanol–water partition coefficient (Wildman–Crippen LogP) is 15.3. The van der Waals surface area contributed by atoms with Crippen molar-refractivity contribution in [2.45, 2.75) is 38.1 Å². The van der Waals surface area contributed by atoms with Crippen molar-refractivity contribution < 1.29 is 4.42 Å². The van der Waals surface area contributed by atoms with Crippen LogP contribution in [0.1, 0.15) is 60.5 Å². The first-order valence-corrected chi connectivity index (χ1v) is 22.5. The molecule has 2 aliphatic rings. The molecular weight excluding hydrogens is 775 g/mol. The lowest BCUT2D eigenvalue weighted by molar-refractivity contribution is 0.593. The predicted molar refractivity (Wildman–Crippen MR) is 261 cm³/mol. The minimum absolute atomic E-state index is 0.00706. The first-order valence-electron chi connectivity index (χ1n) is 21.6. The Morgan fingerprint density at radius 2 is 1.35 bits per heavy atom. The van der Waals surface area contributed by atoms with E-state index < -0.39 is 0 Å². The summed E-state index contributed by atoms with van der Waals surface area (Å²) >= 11 is 1.85. The van der Waals surface area contributed by atoms with Crippen molar-refractivity contribution in [2.75, 3.05) is 0 Å². The number of nitrogens with one attached hydrogen (secondary N) is 1. The molecule has 1 aliphatic heterocycles. The van der Waals surface area contributed by atoms with E-state index in [1.807, 2.05) is 17.4 Å². The summed E-state index contributed by atoms with van der Waals surface area (Å²) in [5.41, 5.74) is 15.0. The van der Waals surface area contributed by atoms with Crippen LogP contribution in [-0.4, -0.2) is 10.4 Å². The molecular formula is C57H41N3OS. The zero-order valence-corrected chi connectivity index (χ0v) is 35.3. The summed E-state index contributed by atoms with van der Waals surface area (Å²) in [6.45, 7) is 4.73. The number of benzene rings is 8. The van der Waals surface area contributed by atoms with Gasteiger partial charge in [0.1, 0.15) is 17.0 Å². The fourth-order valence-electron chi connectivity index (χ4n) is 10.5. The van der Waals surface area contributed by atoms with Crippen molar-refractivity contribution in [1.29, 1.82) is 0 Å². The van der Waals surface area contributed by atoms with Crippen LogP contribution >= 0.6 is 11.3 Å². The first kappa shape index (κ1) is 35.5. The molecule has 0 bridgehead atoms. The number of rotatable bonds is 4. The number of para-hydroxylation sites is 2. The minimum atomic E-state index is -0.110. The number of amidine groups is 1. The molecule has 1 atom stereocenters. The first-order chi connectivity index (χ1) is 30.5. The van der Waals surface area contributed by atoms with Crippen molar-refractivity contribution in [3.63, 3.8) is 0 Å². The average Bonchev–Trinajstić information content (AvgIpc) is 4.02. The third kappa shape index (κ3) is 5.28. The van der Waals surface area contributed by atoms with E-state index in [2.05, 4.69) is 194 Å². The number of hydrogen-bond donors (Lipinski definition) is 1. The zero-order chi connectivity index (χ0) is 41.1. The molecule has 0 radical (unpaired) electrons. The summed E-state index contributed by atoms with van der Waals surface area (Å²) in [4.78, 5) is 5.65. The molecule has 0 saturated heterocycles. The van der Waals surface area contributed by atoms with E-state index in [-0.39, 0.29) is 11.5 Å². The van der Waals surface area contributed by atoms with E-state index in [9.17, 15) is 0 Å². The summed E-state index contributed by atoms with van der Waals surface area (Å²) in [5, 5.41) is 11.4. The molecule has 1 N–H and O–H groups in total.